The fraction of sp³-hybridized carbons (Fsp3) is 0.214. The predicted octanol–water partition coefficient (Wildman–Crippen LogP) is 4.78. The number of carbonyl (C=O) groups is 2. The van der Waals surface area contributed by atoms with Crippen LogP contribution >= 0.6 is 0 Å². The molecule has 1 heterocycles. The molecular formula is C28H26FNO5. The van der Waals surface area contributed by atoms with Crippen LogP contribution in [0.25, 0.3) is 5.76 Å². The third-order valence-corrected chi connectivity index (χ3v) is 5.88. The Hall–Kier alpha value is -3.97. The number of nitrogens with zero attached hydrogens (tertiary/aromatic N) is 1. The lowest BCUT2D eigenvalue weighted by Crippen LogP contribution is -2.32. The molecule has 0 aromatic heterocycles. The molecule has 1 aliphatic rings. The van der Waals surface area contributed by atoms with Gasteiger partial charge in [-0.25, -0.2) is 4.39 Å². The molecule has 180 valence electrons. The first-order valence-corrected chi connectivity index (χ1v) is 11.2. The predicted molar refractivity (Wildman–Crippen MR) is 129 cm³/mol. The standard InChI is InChI=1S/C28H26FNO5/c1-18-4-3-5-19(16-18)17-35-23-12-8-21(9-13-23)26(31)24-25(20-6-10-22(29)11-7-20)30(14-15-34-2)28(33)27(24)32/h3-13,16,25,31H,14-15,17H2,1-2H3. The summed E-state index contributed by atoms with van der Waals surface area (Å²) in [6.07, 6.45) is 0. The zero-order valence-electron chi connectivity index (χ0n) is 19.5. The largest absolute Gasteiger partial charge is 0.507 e. The molecule has 1 fully saturated rings. The monoisotopic (exact) mass is 475 g/mol. The van der Waals surface area contributed by atoms with Crippen LogP contribution in [-0.2, 0) is 20.9 Å². The summed E-state index contributed by atoms with van der Waals surface area (Å²) in [5.74, 6) is -1.69. The number of Topliss-reactive ketones (excluding diaryl/α,β-unsaturated/α-hetero) is 1. The molecule has 1 aliphatic heterocycles. The number of aliphatic hydroxyl groups is 1. The van der Waals surface area contributed by atoms with Crippen molar-refractivity contribution in [3.8, 4) is 5.75 Å². The van der Waals surface area contributed by atoms with Crippen molar-refractivity contribution in [1.82, 2.24) is 4.90 Å². The summed E-state index contributed by atoms with van der Waals surface area (Å²) in [4.78, 5) is 27.1. The molecule has 7 heteroatoms. The summed E-state index contributed by atoms with van der Waals surface area (Å²) in [5.41, 5.74) is 3.01. The normalized spacial score (nSPS) is 17.1. The SMILES string of the molecule is COCCN1C(=O)C(=O)C(=C(O)c2ccc(OCc3cccc(C)c3)cc2)C1c1ccc(F)cc1. The molecule has 1 amide bonds. The molecule has 0 bridgehead atoms. The van der Waals surface area contributed by atoms with Crippen LogP contribution < -0.4 is 4.74 Å². The average Bonchev–Trinajstić information content (AvgIpc) is 3.11. The van der Waals surface area contributed by atoms with Gasteiger partial charge in [-0.15, -0.1) is 0 Å². The highest BCUT2D eigenvalue weighted by Crippen LogP contribution is 2.39. The maximum atomic E-state index is 13.5. The topological polar surface area (TPSA) is 76.1 Å². The van der Waals surface area contributed by atoms with Crippen molar-refractivity contribution < 1.29 is 28.6 Å². The highest BCUT2D eigenvalue weighted by molar-refractivity contribution is 6.46. The molecule has 0 aliphatic carbocycles. The lowest BCUT2D eigenvalue weighted by atomic mass is 9.95. The van der Waals surface area contributed by atoms with Gasteiger partial charge < -0.3 is 19.5 Å². The number of hydrogen-bond donors (Lipinski definition) is 1. The maximum absolute atomic E-state index is 13.5. The Bertz CT molecular complexity index is 1250. The Morgan fingerprint density at radius 1 is 1.03 bits per heavy atom. The minimum Gasteiger partial charge on any atom is -0.507 e. The van der Waals surface area contributed by atoms with Crippen LogP contribution in [0, 0.1) is 12.7 Å². The molecule has 1 atom stereocenters. The van der Waals surface area contributed by atoms with E-state index in [4.69, 9.17) is 9.47 Å². The smallest absolute Gasteiger partial charge is 0.295 e. The van der Waals surface area contributed by atoms with E-state index in [1.165, 1.54) is 36.3 Å². The van der Waals surface area contributed by atoms with E-state index in [2.05, 4.69) is 0 Å². The van der Waals surface area contributed by atoms with Gasteiger partial charge in [0.1, 0.15) is 23.9 Å². The van der Waals surface area contributed by atoms with Gasteiger partial charge in [-0.05, 0) is 54.4 Å². The van der Waals surface area contributed by atoms with Crippen LogP contribution in [0.4, 0.5) is 4.39 Å². The number of ketones is 1. The number of aliphatic hydroxyl groups excluding tert-OH is 1. The van der Waals surface area contributed by atoms with Gasteiger partial charge in [0.25, 0.3) is 11.7 Å². The van der Waals surface area contributed by atoms with E-state index in [1.807, 2.05) is 31.2 Å². The summed E-state index contributed by atoms with van der Waals surface area (Å²) < 4.78 is 24.5. The summed E-state index contributed by atoms with van der Waals surface area (Å²) >= 11 is 0. The number of halogens is 1. The second-order valence-electron chi connectivity index (χ2n) is 8.34. The molecule has 3 aromatic rings. The number of benzene rings is 3. The molecule has 0 saturated carbocycles. The third kappa shape index (κ3) is 5.25. The van der Waals surface area contributed by atoms with E-state index in [0.29, 0.717) is 23.5 Å². The molecule has 4 rings (SSSR count). The van der Waals surface area contributed by atoms with E-state index in [9.17, 15) is 19.1 Å². The van der Waals surface area contributed by atoms with Crippen molar-refractivity contribution in [1.29, 1.82) is 0 Å². The van der Waals surface area contributed by atoms with Gasteiger partial charge in [-0.2, -0.15) is 0 Å². The van der Waals surface area contributed by atoms with Gasteiger partial charge in [0.05, 0.1) is 18.2 Å². The van der Waals surface area contributed by atoms with Crippen LogP contribution in [-0.4, -0.2) is 42.0 Å². The van der Waals surface area contributed by atoms with Crippen LogP contribution in [0.2, 0.25) is 0 Å². The number of ether oxygens (including phenoxy) is 2. The van der Waals surface area contributed by atoms with Gasteiger partial charge in [0, 0.05) is 19.2 Å². The molecule has 1 N–H and O–H groups in total. The Balaban J connectivity index is 1.63. The van der Waals surface area contributed by atoms with Crippen molar-refractivity contribution in [3.63, 3.8) is 0 Å². The number of rotatable bonds is 8. The van der Waals surface area contributed by atoms with Crippen LogP contribution in [0.3, 0.4) is 0 Å². The third-order valence-electron chi connectivity index (χ3n) is 5.88. The highest BCUT2D eigenvalue weighted by atomic mass is 19.1. The summed E-state index contributed by atoms with van der Waals surface area (Å²) in [5, 5.41) is 11.1. The number of aryl methyl sites for hydroxylation is 1. The van der Waals surface area contributed by atoms with Gasteiger partial charge in [-0.1, -0.05) is 42.0 Å². The molecule has 35 heavy (non-hydrogen) atoms. The van der Waals surface area contributed by atoms with Gasteiger partial charge in [0.2, 0.25) is 0 Å². The Kier molecular flexibility index (Phi) is 7.27. The zero-order chi connectivity index (χ0) is 24.9. The lowest BCUT2D eigenvalue weighted by Gasteiger charge is -2.25. The lowest BCUT2D eigenvalue weighted by molar-refractivity contribution is -0.140. The minimum atomic E-state index is -0.858. The first-order valence-electron chi connectivity index (χ1n) is 11.2. The summed E-state index contributed by atoms with van der Waals surface area (Å²) in [7, 11) is 1.49. The number of likely N-dealkylation sites (tertiary alicyclic amines) is 1. The highest BCUT2D eigenvalue weighted by Gasteiger charge is 2.45. The summed E-state index contributed by atoms with van der Waals surface area (Å²) in [6.45, 7) is 2.75. The fourth-order valence-corrected chi connectivity index (χ4v) is 4.13. The fourth-order valence-electron chi connectivity index (χ4n) is 4.13. The van der Waals surface area contributed by atoms with Crippen molar-refractivity contribution in [2.75, 3.05) is 20.3 Å². The van der Waals surface area contributed by atoms with Crippen molar-refractivity contribution in [2.24, 2.45) is 0 Å². The van der Waals surface area contributed by atoms with Crippen molar-refractivity contribution in [3.05, 3.63) is 106 Å². The molecule has 0 radical (unpaired) electrons. The Morgan fingerprint density at radius 2 is 1.74 bits per heavy atom. The Labute approximate surface area is 203 Å². The number of carbonyl (C=O) groups excluding carboxylic acids is 2. The van der Waals surface area contributed by atoms with Crippen LogP contribution in [0.1, 0.15) is 28.3 Å². The Morgan fingerprint density at radius 3 is 2.40 bits per heavy atom. The van der Waals surface area contributed by atoms with Gasteiger partial charge in [0.15, 0.2) is 0 Å². The van der Waals surface area contributed by atoms with Crippen LogP contribution in [0.15, 0.2) is 78.4 Å². The van der Waals surface area contributed by atoms with Gasteiger partial charge in [-0.3, -0.25) is 9.59 Å². The molecule has 1 unspecified atom stereocenters. The van der Waals surface area contributed by atoms with E-state index in [1.54, 1.807) is 24.3 Å². The molecule has 3 aromatic carbocycles. The van der Waals surface area contributed by atoms with E-state index < -0.39 is 23.5 Å². The molecule has 6 nitrogen and oxygen atoms in total. The first-order chi connectivity index (χ1) is 16.9. The first kappa shape index (κ1) is 24.2. The van der Waals surface area contributed by atoms with E-state index in [-0.39, 0.29) is 24.5 Å². The second kappa shape index (κ2) is 10.5. The van der Waals surface area contributed by atoms with Crippen molar-refractivity contribution >= 4 is 17.4 Å². The minimum absolute atomic E-state index is 0.0499. The summed E-state index contributed by atoms with van der Waals surface area (Å²) in [6, 6.07) is 19.3. The number of amides is 1. The zero-order valence-corrected chi connectivity index (χ0v) is 19.5. The quantitative estimate of drug-likeness (QED) is 0.288. The van der Waals surface area contributed by atoms with Gasteiger partial charge >= 0.3 is 0 Å². The second-order valence-corrected chi connectivity index (χ2v) is 8.34. The molecule has 0 spiro atoms. The maximum Gasteiger partial charge on any atom is 0.295 e. The average molecular weight is 476 g/mol. The molecule has 1 saturated heterocycles. The van der Waals surface area contributed by atoms with E-state index >= 15 is 0 Å². The van der Waals surface area contributed by atoms with Crippen molar-refractivity contribution in [2.45, 2.75) is 19.6 Å². The van der Waals surface area contributed by atoms with Crippen LogP contribution in [0.5, 0.6) is 5.75 Å². The molecular weight excluding hydrogens is 449 g/mol. The number of hydrogen-bond acceptors (Lipinski definition) is 5. The number of methoxy groups -OCH3 is 1. The van der Waals surface area contributed by atoms with E-state index in [0.717, 1.165) is 11.1 Å².